The Morgan fingerprint density at radius 1 is 1.33 bits per heavy atom. The van der Waals surface area contributed by atoms with Gasteiger partial charge in [-0.05, 0) is 0 Å². The van der Waals surface area contributed by atoms with Crippen molar-refractivity contribution < 1.29 is 19.4 Å². The normalized spacial score (nSPS) is 9.75. The first-order valence-corrected chi connectivity index (χ1v) is 3.29. The largest absolute Gasteiger partial charge is 0.507 e. The molecule has 2 N–H and O–H groups in total. The molecule has 1 rings (SSSR count). The molecule has 0 amide bonds. The number of rotatable bonds is 2. The minimum absolute atomic E-state index is 0.0476. The van der Waals surface area contributed by atoms with Gasteiger partial charge in [0.05, 0.1) is 0 Å². The van der Waals surface area contributed by atoms with Crippen molar-refractivity contribution in [2.24, 2.45) is 0 Å². The van der Waals surface area contributed by atoms with Crippen molar-refractivity contribution in [3.05, 3.63) is 23.5 Å². The van der Waals surface area contributed by atoms with Crippen LogP contribution in [0.1, 0.15) is 5.56 Å². The molecule has 0 saturated heterocycles. The Morgan fingerprint density at radius 2 is 1.83 bits per heavy atom. The Kier molecular flexibility index (Phi) is 2.28. The predicted molar refractivity (Wildman–Crippen MR) is 39.5 cm³/mol. The molecule has 0 fully saturated rings. The molecule has 0 bridgehead atoms. The third kappa shape index (κ3) is 1.53. The number of aromatic hydroxyl groups is 2. The molecule has 0 aliphatic carbocycles. The van der Waals surface area contributed by atoms with Gasteiger partial charge in [0.25, 0.3) is 0 Å². The Labute approximate surface area is 68.1 Å². The van der Waals surface area contributed by atoms with Gasteiger partial charge in [0.15, 0.2) is 0 Å². The molecular formula is C8H7FO3. The highest BCUT2D eigenvalue weighted by molar-refractivity contribution is 5.60. The highest BCUT2D eigenvalue weighted by Gasteiger charge is 2.08. The van der Waals surface area contributed by atoms with Crippen LogP contribution in [0.15, 0.2) is 12.1 Å². The Balaban J connectivity index is 3.18. The zero-order chi connectivity index (χ0) is 9.14. The quantitative estimate of drug-likeness (QED) is 0.650. The molecule has 0 heterocycles. The van der Waals surface area contributed by atoms with Crippen LogP contribution in [0, 0.1) is 5.82 Å². The van der Waals surface area contributed by atoms with Crippen LogP contribution in [0.25, 0.3) is 0 Å². The molecule has 0 aromatic heterocycles. The van der Waals surface area contributed by atoms with Crippen molar-refractivity contribution in [3.63, 3.8) is 0 Å². The molecule has 0 radical (unpaired) electrons. The van der Waals surface area contributed by atoms with Gasteiger partial charge < -0.3 is 15.0 Å². The van der Waals surface area contributed by atoms with Crippen LogP contribution < -0.4 is 0 Å². The number of halogens is 1. The average Bonchev–Trinajstić information content (AvgIpc) is 1.96. The van der Waals surface area contributed by atoms with Gasteiger partial charge >= 0.3 is 0 Å². The standard InChI is InChI=1S/C8H7FO3/c9-5-3-7(11)6(1-2-10)8(12)4-5/h2-4,11-12H,1H2. The lowest BCUT2D eigenvalue weighted by Gasteiger charge is -2.02. The lowest BCUT2D eigenvalue weighted by Crippen LogP contribution is -1.89. The van der Waals surface area contributed by atoms with Gasteiger partial charge in [-0.3, -0.25) is 0 Å². The molecule has 0 unspecified atom stereocenters. The summed E-state index contributed by atoms with van der Waals surface area (Å²) in [4.78, 5) is 10.0. The number of carbonyl (C=O) groups is 1. The number of benzene rings is 1. The third-order valence-electron chi connectivity index (χ3n) is 1.46. The molecule has 0 saturated carbocycles. The molecule has 1 aromatic carbocycles. The lowest BCUT2D eigenvalue weighted by molar-refractivity contribution is -0.107. The first-order chi connectivity index (χ1) is 5.65. The molecule has 4 heteroatoms. The third-order valence-corrected chi connectivity index (χ3v) is 1.46. The molecule has 0 atom stereocenters. The van der Waals surface area contributed by atoms with Crippen LogP contribution in [0.3, 0.4) is 0 Å². The fourth-order valence-corrected chi connectivity index (χ4v) is 0.901. The van der Waals surface area contributed by atoms with Crippen LogP contribution in [0.2, 0.25) is 0 Å². The van der Waals surface area contributed by atoms with Gasteiger partial charge in [-0.25, -0.2) is 4.39 Å². The highest BCUT2D eigenvalue weighted by Crippen LogP contribution is 2.27. The summed E-state index contributed by atoms with van der Waals surface area (Å²) in [5.74, 6) is -1.54. The van der Waals surface area contributed by atoms with Crippen molar-refractivity contribution in [1.29, 1.82) is 0 Å². The van der Waals surface area contributed by atoms with Crippen molar-refractivity contribution in [2.45, 2.75) is 6.42 Å². The maximum absolute atomic E-state index is 12.4. The van der Waals surface area contributed by atoms with E-state index in [2.05, 4.69) is 0 Å². The molecule has 0 spiro atoms. The van der Waals surface area contributed by atoms with Gasteiger partial charge in [0.1, 0.15) is 23.6 Å². The molecule has 64 valence electrons. The summed E-state index contributed by atoms with van der Waals surface area (Å²) in [5, 5.41) is 18.1. The second-order valence-electron chi connectivity index (χ2n) is 2.29. The monoisotopic (exact) mass is 170 g/mol. The van der Waals surface area contributed by atoms with E-state index in [1.807, 2.05) is 0 Å². The van der Waals surface area contributed by atoms with Crippen LogP contribution in [0.5, 0.6) is 11.5 Å². The second kappa shape index (κ2) is 3.21. The van der Waals surface area contributed by atoms with Gasteiger partial charge in [0, 0.05) is 24.1 Å². The SMILES string of the molecule is O=CCc1c(O)cc(F)cc1O. The number of phenols is 2. The fraction of sp³-hybridized carbons (Fsp3) is 0.125. The van der Waals surface area contributed by atoms with E-state index in [-0.39, 0.29) is 12.0 Å². The first-order valence-electron chi connectivity index (χ1n) is 3.29. The van der Waals surface area contributed by atoms with E-state index in [1.165, 1.54) is 0 Å². The summed E-state index contributed by atoms with van der Waals surface area (Å²) < 4.78 is 12.4. The van der Waals surface area contributed by atoms with Gasteiger partial charge in [-0.2, -0.15) is 0 Å². The summed E-state index contributed by atoms with van der Waals surface area (Å²) in [5.41, 5.74) is 0.0476. The van der Waals surface area contributed by atoms with Gasteiger partial charge in [0.2, 0.25) is 0 Å². The molecule has 0 aliphatic heterocycles. The average molecular weight is 170 g/mol. The summed E-state index contributed by atoms with van der Waals surface area (Å²) in [6.45, 7) is 0. The topological polar surface area (TPSA) is 57.5 Å². The van der Waals surface area contributed by atoms with E-state index >= 15 is 0 Å². The molecule has 1 aromatic rings. The number of carbonyl (C=O) groups excluding carboxylic acids is 1. The lowest BCUT2D eigenvalue weighted by atomic mass is 10.1. The van der Waals surface area contributed by atoms with Crippen LogP contribution in [0.4, 0.5) is 4.39 Å². The van der Waals surface area contributed by atoms with E-state index in [1.54, 1.807) is 0 Å². The van der Waals surface area contributed by atoms with E-state index in [4.69, 9.17) is 10.2 Å². The summed E-state index contributed by atoms with van der Waals surface area (Å²) in [6, 6.07) is 1.69. The van der Waals surface area contributed by atoms with Crippen LogP contribution in [-0.2, 0) is 11.2 Å². The van der Waals surface area contributed by atoms with E-state index in [0.717, 1.165) is 12.1 Å². The smallest absolute Gasteiger partial charge is 0.130 e. The molecule has 3 nitrogen and oxygen atoms in total. The summed E-state index contributed by atoms with van der Waals surface area (Å²) in [7, 11) is 0. The first kappa shape index (κ1) is 8.52. The second-order valence-corrected chi connectivity index (χ2v) is 2.29. The van der Waals surface area contributed by atoms with Crippen molar-refractivity contribution in [3.8, 4) is 11.5 Å². The minimum Gasteiger partial charge on any atom is -0.507 e. The number of aldehydes is 1. The van der Waals surface area contributed by atoms with Crippen molar-refractivity contribution in [2.75, 3.05) is 0 Å². The van der Waals surface area contributed by atoms with Crippen molar-refractivity contribution in [1.82, 2.24) is 0 Å². The number of hydrogen-bond donors (Lipinski definition) is 2. The molecule has 0 aliphatic rings. The highest BCUT2D eigenvalue weighted by atomic mass is 19.1. The fourth-order valence-electron chi connectivity index (χ4n) is 0.901. The maximum atomic E-state index is 12.4. The number of phenolic OH excluding ortho intramolecular Hbond substituents is 2. The zero-order valence-electron chi connectivity index (χ0n) is 6.12. The van der Waals surface area contributed by atoms with E-state index < -0.39 is 17.3 Å². The van der Waals surface area contributed by atoms with Gasteiger partial charge in [-0.15, -0.1) is 0 Å². The van der Waals surface area contributed by atoms with E-state index in [9.17, 15) is 9.18 Å². The van der Waals surface area contributed by atoms with E-state index in [0.29, 0.717) is 6.29 Å². The maximum Gasteiger partial charge on any atom is 0.130 e. The van der Waals surface area contributed by atoms with Crippen molar-refractivity contribution >= 4 is 6.29 Å². The van der Waals surface area contributed by atoms with Gasteiger partial charge in [-0.1, -0.05) is 0 Å². The van der Waals surface area contributed by atoms with Crippen LogP contribution in [-0.4, -0.2) is 16.5 Å². The predicted octanol–water partition coefficient (Wildman–Crippen LogP) is 0.978. The number of hydrogen-bond acceptors (Lipinski definition) is 3. The summed E-state index contributed by atoms with van der Waals surface area (Å²) in [6.07, 6.45) is 0.393. The Morgan fingerprint density at radius 3 is 2.25 bits per heavy atom. The minimum atomic E-state index is -0.736. The Bertz CT molecular complexity index is 286. The molecule has 12 heavy (non-hydrogen) atoms. The van der Waals surface area contributed by atoms with Crippen LogP contribution >= 0.6 is 0 Å². The molecular weight excluding hydrogens is 163 g/mol. The zero-order valence-corrected chi connectivity index (χ0v) is 6.12. The summed E-state index contributed by atoms with van der Waals surface area (Å²) >= 11 is 0. The Hall–Kier alpha value is -1.58.